The minimum Gasteiger partial charge on any atom is -0.486 e. The first kappa shape index (κ1) is 20.2. The van der Waals surface area contributed by atoms with Crippen LogP contribution in [0.2, 0.25) is 0 Å². The van der Waals surface area contributed by atoms with E-state index in [4.69, 9.17) is 18.9 Å². The molecule has 0 radical (unpaired) electrons. The SMILES string of the molecule is CN1C(=O)/C(=C/c2ccc3c(c2)OCO3)NC1=NCCNCc1ccc2c(c1)OCCO2. The van der Waals surface area contributed by atoms with E-state index in [9.17, 15) is 4.79 Å². The molecule has 9 nitrogen and oxygen atoms in total. The number of hydrogen-bond acceptors (Lipinski definition) is 7. The van der Waals surface area contributed by atoms with Gasteiger partial charge in [-0.1, -0.05) is 12.1 Å². The Kier molecular flexibility index (Phi) is 5.55. The molecule has 32 heavy (non-hydrogen) atoms. The van der Waals surface area contributed by atoms with E-state index >= 15 is 0 Å². The maximum atomic E-state index is 12.6. The molecule has 5 rings (SSSR count). The summed E-state index contributed by atoms with van der Waals surface area (Å²) in [5, 5.41) is 6.47. The summed E-state index contributed by atoms with van der Waals surface area (Å²) in [7, 11) is 1.71. The van der Waals surface area contributed by atoms with Gasteiger partial charge in [-0.15, -0.1) is 0 Å². The van der Waals surface area contributed by atoms with Gasteiger partial charge in [0.2, 0.25) is 12.8 Å². The van der Waals surface area contributed by atoms with E-state index < -0.39 is 0 Å². The number of carbonyl (C=O) groups is 1. The molecule has 1 saturated heterocycles. The van der Waals surface area contributed by atoms with Gasteiger partial charge in [-0.3, -0.25) is 14.7 Å². The molecule has 166 valence electrons. The number of guanidine groups is 1. The molecule has 0 atom stereocenters. The zero-order valence-corrected chi connectivity index (χ0v) is 17.7. The van der Waals surface area contributed by atoms with Gasteiger partial charge >= 0.3 is 0 Å². The predicted octanol–water partition coefficient (Wildman–Crippen LogP) is 1.73. The number of rotatable bonds is 6. The van der Waals surface area contributed by atoms with E-state index in [0.717, 1.165) is 22.6 Å². The van der Waals surface area contributed by atoms with Crippen LogP contribution < -0.4 is 29.6 Å². The van der Waals surface area contributed by atoms with Crippen molar-refractivity contribution in [3.8, 4) is 23.0 Å². The van der Waals surface area contributed by atoms with E-state index in [-0.39, 0.29) is 12.7 Å². The maximum absolute atomic E-state index is 12.6. The van der Waals surface area contributed by atoms with Gasteiger partial charge in [0.1, 0.15) is 18.9 Å². The van der Waals surface area contributed by atoms with E-state index in [2.05, 4.69) is 15.6 Å². The summed E-state index contributed by atoms with van der Waals surface area (Å²) in [4.78, 5) is 18.6. The highest BCUT2D eigenvalue weighted by molar-refractivity contribution is 6.15. The second kappa shape index (κ2) is 8.80. The minimum atomic E-state index is -0.134. The molecule has 1 fully saturated rings. The van der Waals surface area contributed by atoms with Crippen LogP contribution in [0.4, 0.5) is 0 Å². The molecule has 0 aromatic heterocycles. The Balaban J connectivity index is 1.15. The summed E-state index contributed by atoms with van der Waals surface area (Å²) in [6.07, 6.45) is 1.78. The third-order valence-electron chi connectivity index (χ3n) is 5.29. The number of fused-ring (bicyclic) bond motifs is 2. The third-order valence-corrected chi connectivity index (χ3v) is 5.29. The fourth-order valence-corrected chi connectivity index (χ4v) is 3.62. The Labute approximate surface area is 185 Å². The number of nitrogens with one attached hydrogen (secondary N) is 2. The van der Waals surface area contributed by atoms with E-state index in [0.29, 0.717) is 56.0 Å². The van der Waals surface area contributed by atoms with Crippen LogP contribution in [0.15, 0.2) is 47.1 Å². The summed E-state index contributed by atoms with van der Waals surface area (Å²) in [6, 6.07) is 11.5. The first-order valence-electron chi connectivity index (χ1n) is 10.5. The first-order valence-corrected chi connectivity index (χ1v) is 10.5. The van der Waals surface area contributed by atoms with Gasteiger partial charge in [0.25, 0.3) is 5.91 Å². The van der Waals surface area contributed by atoms with Gasteiger partial charge in [-0.2, -0.15) is 0 Å². The quantitative estimate of drug-likeness (QED) is 0.526. The van der Waals surface area contributed by atoms with Crippen LogP contribution in [0.3, 0.4) is 0 Å². The number of ether oxygens (including phenoxy) is 4. The molecule has 1 amide bonds. The summed E-state index contributed by atoms with van der Waals surface area (Å²) in [5.74, 6) is 3.36. The average molecular weight is 436 g/mol. The van der Waals surface area contributed by atoms with Gasteiger partial charge in [0.05, 0.1) is 6.54 Å². The second-order valence-electron chi connectivity index (χ2n) is 7.52. The molecule has 2 aromatic rings. The molecule has 3 aliphatic heterocycles. The summed E-state index contributed by atoms with van der Waals surface area (Å²) in [5.41, 5.74) is 2.43. The van der Waals surface area contributed by atoms with Crippen molar-refractivity contribution in [3.05, 3.63) is 53.2 Å². The molecule has 0 aliphatic carbocycles. The Morgan fingerprint density at radius 1 is 1.03 bits per heavy atom. The average Bonchev–Trinajstić information content (AvgIpc) is 3.39. The maximum Gasteiger partial charge on any atom is 0.276 e. The lowest BCUT2D eigenvalue weighted by molar-refractivity contribution is -0.121. The lowest BCUT2D eigenvalue weighted by Gasteiger charge is -2.18. The summed E-state index contributed by atoms with van der Waals surface area (Å²) >= 11 is 0. The lowest BCUT2D eigenvalue weighted by atomic mass is 10.1. The Morgan fingerprint density at radius 3 is 2.69 bits per heavy atom. The third kappa shape index (κ3) is 4.19. The van der Waals surface area contributed by atoms with E-state index in [1.165, 1.54) is 4.90 Å². The van der Waals surface area contributed by atoms with Gasteiger partial charge in [0, 0.05) is 20.1 Å². The van der Waals surface area contributed by atoms with Crippen molar-refractivity contribution in [3.63, 3.8) is 0 Å². The molecule has 2 aromatic carbocycles. The molecule has 9 heteroatoms. The van der Waals surface area contributed by atoms with Crippen molar-refractivity contribution in [1.29, 1.82) is 0 Å². The molecule has 3 heterocycles. The number of amides is 1. The second-order valence-corrected chi connectivity index (χ2v) is 7.52. The van der Waals surface area contributed by atoms with Crippen molar-refractivity contribution in [2.75, 3.05) is 40.1 Å². The fraction of sp³-hybridized carbons (Fsp3) is 0.304. The molecular weight excluding hydrogens is 412 g/mol. The molecule has 2 N–H and O–H groups in total. The van der Waals surface area contributed by atoms with Gasteiger partial charge < -0.3 is 29.6 Å². The topological polar surface area (TPSA) is 93.7 Å². The Hall–Kier alpha value is -3.72. The van der Waals surface area contributed by atoms with Crippen LogP contribution in [-0.2, 0) is 11.3 Å². The van der Waals surface area contributed by atoms with E-state index in [1.54, 1.807) is 13.1 Å². The number of nitrogens with zero attached hydrogens (tertiary/aromatic N) is 2. The molecule has 0 unspecified atom stereocenters. The summed E-state index contributed by atoms with van der Waals surface area (Å²) in [6.45, 7) is 3.27. The van der Waals surface area contributed by atoms with Crippen LogP contribution in [-0.4, -0.2) is 56.9 Å². The van der Waals surface area contributed by atoms with Crippen LogP contribution in [0.25, 0.3) is 6.08 Å². The number of likely N-dealkylation sites (N-methyl/N-ethyl adjacent to an activating group) is 1. The number of hydrogen-bond donors (Lipinski definition) is 2. The van der Waals surface area contributed by atoms with Gasteiger partial charge in [-0.05, 0) is 41.5 Å². The van der Waals surface area contributed by atoms with Gasteiger partial charge in [-0.25, -0.2) is 0 Å². The minimum absolute atomic E-state index is 0.134. The highest BCUT2D eigenvalue weighted by atomic mass is 16.7. The van der Waals surface area contributed by atoms with Crippen LogP contribution in [0, 0.1) is 0 Å². The number of aliphatic imine (C=N–C) groups is 1. The molecule has 0 bridgehead atoms. The van der Waals surface area contributed by atoms with Gasteiger partial charge in [0.15, 0.2) is 23.0 Å². The highest BCUT2D eigenvalue weighted by Gasteiger charge is 2.28. The molecule has 0 saturated carbocycles. The van der Waals surface area contributed by atoms with Crippen molar-refractivity contribution in [2.45, 2.75) is 6.54 Å². The smallest absolute Gasteiger partial charge is 0.276 e. The highest BCUT2D eigenvalue weighted by Crippen LogP contribution is 2.33. The largest absolute Gasteiger partial charge is 0.486 e. The number of benzene rings is 2. The molecular formula is C23H24N4O5. The monoisotopic (exact) mass is 436 g/mol. The standard InChI is InChI=1S/C23H24N4O5/c1-27-22(28)17(10-15-2-4-19-21(11-15)32-14-31-19)26-23(27)25-7-6-24-13-16-3-5-18-20(12-16)30-9-8-29-18/h2-5,10-12,24H,6-9,13-14H2,1H3,(H,25,26)/b17-10-. The Bertz CT molecular complexity index is 1100. The van der Waals surface area contributed by atoms with Crippen molar-refractivity contribution < 1.29 is 23.7 Å². The van der Waals surface area contributed by atoms with Crippen molar-refractivity contribution in [2.24, 2.45) is 4.99 Å². The predicted molar refractivity (Wildman–Crippen MR) is 118 cm³/mol. The van der Waals surface area contributed by atoms with Crippen LogP contribution >= 0.6 is 0 Å². The van der Waals surface area contributed by atoms with Crippen molar-refractivity contribution in [1.82, 2.24) is 15.5 Å². The molecule has 0 spiro atoms. The van der Waals surface area contributed by atoms with Crippen molar-refractivity contribution >= 4 is 17.9 Å². The number of carbonyl (C=O) groups excluding carboxylic acids is 1. The normalized spacial score (nSPS) is 19.0. The lowest BCUT2D eigenvalue weighted by Crippen LogP contribution is -2.29. The molecule has 3 aliphatic rings. The van der Waals surface area contributed by atoms with E-state index in [1.807, 2.05) is 36.4 Å². The Morgan fingerprint density at radius 2 is 1.78 bits per heavy atom. The van der Waals surface area contributed by atoms with Crippen LogP contribution in [0.1, 0.15) is 11.1 Å². The fourth-order valence-electron chi connectivity index (χ4n) is 3.62. The summed E-state index contributed by atoms with van der Waals surface area (Å²) < 4.78 is 21.9. The zero-order chi connectivity index (χ0) is 21.9. The zero-order valence-electron chi connectivity index (χ0n) is 17.7. The first-order chi connectivity index (χ1) is 15.7. The van der Waals surface area contributed by atoms with Crippen LogP contribution in [0.5, 0.6) is 23.0 Å².